The Labute approximate surface area is 236 Å². The molecule has 4 rings (SSSR count). The molecule has 42 heavy (non-hydrogen) atoms. The molecule has 238 valence electrons. The first-order valence-electron chi connectivity index (χ1n) is 12.1. The van der Waals surface area contributed by atoms with Gasteiger partial charge in [0.25, 0.3) is 0 Å². The summed E-state index contributed by atoms with van der Waals surface area (Å²) in [5.74, 6) is 0.111. The molecule has 0 radical (unpaired) electrons. The Morgan fingerprint density at radius 1 is 1.02 bits per heavy atom. The molecule has 0 spiro atoms. The first kappa shape index (κ1) is 33.1. The standard InChI is InChI=1S/C19H31N5O16P2/c1-34-14-8(37-18(15(14)35-2)24-6-23-9-16(20)21-5-22-17(9)24)4-36-41(30,31)40-42(32,33)39-19-12(29)10(27)11(28)13(38-19)7(26)3-25/h5-8,10-15,18-19,25-29H,3-4H2,1-2H3,(H,30,31)(H,32,33)(H2,20,21,22)/t7-,8-,10+,11+,12?,13?,14+,15?,18-,19+/m1/s1. The van der Waals surface area contributed by atoms with Crippen molar-refractivity contribution < 1.29 is 76.8 Å². The zero-order chi connectivity index (χ0) is 31.0. The number of hydrogen-bond acceptors (Lipinski definition) is 18. The van der Waals surface area contributed by atoms with E-state index in [-0.39, 0.29) is 11.3 Å². The van der Waals surface area contributed by atoms with Crippen molar-refractivity contribution in [1.82, 2.24) is 19.5 Å². The van der Waals surface area contributed by atoms with Crippen LogP contribution in [0.3, 0.4) is 0 Å². The summed E-state index contributed by atoms with van der Waals surface area (Å²) in [6.45, 7) is -1.70. The van der Waals surface area contributed by atoms with Crippen molar-refractivity contribution in [2.45, 2.75) is 61.3 Å². The van der Waals surface area contributed by atoms with Crippen molar-refractivity contribution in [1.29, 1.82) is 0 Å². The van der Waals surface area contributed by atoms with Gasteiger partial charge in [-0.3, -0.25) is 13.6 Å². The molecule has 2 saturated heterocycles. The van der Waals surface area contributed by atoms with Gasteiger partial charge in [-0.25, -0.2) is 24.1 Å². The SMILES string of the molecule is COC1[C@@H](OC)[C@@H](COP(=O)(O)OP(=O)(O)O[C@@H]2OC([C@H](O)CO)[C@@H](O)[C@H](O)C2O)O[C@H]1n1cnc2c(N)ncnc21. The summed E-state index contributed by atoms with van der Waals surface area (Å²) in [7, 11) is -8.36. The number of nitrogen functional groups attached to an aromatic ring is 1. The third-order valence-electron chi connectivity index (χ3n) is 6.51. The number of imidazole rings is 1. The molecule has 0 aromatic carbocycles. The van der Waals surface area contributed by atoms with Crippen LogP contribution in [-0.2, 0) is 41.4 Å². The van der Waals surface area contributed by atoms with Crippen LogP contribution in [0.1, 0.15) is 6.23 Å². The Morgan fingerprint density at radius 3 is 2.36 bits per heavy atom. The number of hydrogen-bond donors (Lipinski definition) is 8. The highest BCUT2D eigenvalue weighted by Gasteiger charge is 2.51. The zero-order valence-corrected chi connectivity index (χ0v) is 23.7. The third-order valence-corrected chi connectivity index (χ3v) is 9.11. The quantitative estimate of drug-likeness (QED) is 0.105. The number of fused-ring (bicyclic) bond motifs is 1. The minimum atomic E-state index is -5.61. The maximum atomic E-state index is 12.6. The maximum Gasteiger partial charge on any atom is 0.483 e. The van der Waals surface area contributed by atoms with E-state index in [0.717, 1.165) is 0 Å². The largest absolute Gasteiger partial charge is 0.483 e. The smallest absolute Gasteiger partial charge is 0.394 e. The fourth-order valence-electron chi connectivity index (χ4n) is 4.51. The first-order chi connectivity index (χ1) is 19.7. The van der Waals surface area contributed by atoms with Crippen LogP contribution in [0.4, 0.5) is 5.82 Å². The lowest BCUT2D eigenvalue weighted by atomic mass is 9.96. The molecule has 2 aliphatic heterocycles. The second kappa shape index (κ2) is 13.1. The molecular weight excluding hydrogens is 616 g/mol. The fraction of sp³-hybridized carbons (Fsp3) is 0.737. The summed E-state index contributed by atoms with van der Waals surface area (Å²) in [5, 5.41) is 48.8. The van der Waals surface area contributed by atoms with E-state index in [9.17, 15) is 39.3 Å². The molecule has 9 N–H and O–H groups in total. The van der Waals surface area contributed by atoms with Gasteiger partial charge in [-0.2, -0.15) is 4.31 Å². The van der Waals surface area contributed by atoms with Crippen LogP contribution in [0.15, 0.2) is 12.7 Å². The summed E-state index contributed by atoms with van der Waals surface area (Å²) in [5.41, 5.74) is 6.40. The van der Waals surface area contributed by atoms with Crippen LogP contribution in [-0.4, -0.2) is 137 Å². The molecule has 4 heterocycles. The Kier molecular flexibility index (Phi) is 10.3. The number of aliphatic hydroxyl groups excluding tert-OH is 5. The molecule has 2 aliphatic rings. The van der Waals surface area contributed by atoms with E-state index in [2.05, 4.69) is 23.8 Å². The van der Waals surface area contributed by atoms with E-state index in [4.69, 9.17) is 34.3 Å². The van der Waals surface area contributed by atoms with Crippen molar-refractivity contribution in [2.24, 2.45) is 0 Å². The van der Waals surface area contributed by atoms with E-state index in [1.807, 2.05) is 0 Å². The van der Waals surface area contributed by atoms with E-state index < -0.39 is 90.2 Å². The normalized spacial score (nSPS) is 35.6. The molecule has 12 atom stereocenters. The van der Waals surface area contributed by atoms with E-state index in [1.54, 1.807) is 0 Å². The highest BCUT2D eigenvalue weighted by Crippen LogP contribution is 2.61. The van der Waals surface area contributed by atoms with Gasteiger partial charge >= 0.3 is 15.6 Å². The van der Waals surface area contributed by atoms with Crippen molar-refractivity contribution in [2.75, 3.05) is 33.2 Å². The second-order valence-corrected chi connectivity index (χ2v) is 12.2. The lowest BCUT2D eigenvalue weighted by Gasteiger charge is -2.41. The lowest BCUT2D eigenvalue weighted by Crippen LogP contribution is -2.61. The van der Waals surface area contributed by atoms with Gasteiger partial charge < -0.3 is 60.0 Å². The molecule has 5 unspecified atom stereocenters. The Balaban J connectivity index is 1.43. The average Bonchev–Trinajstić information content (AvgIpc) is 3.52. The highest BCUT2D eigenvalue weighted by atomic mass is 31.3. The molecule has 2 fully saturated rings. The summed E-state index contributed by atoms with van der Waals surface area (Å²) in [6, 6.07) is 0. The van der Waals surface area contributed by atoms with Gasteiger partial charge in [-0.15, -0.1) is 0 Å². The fourth-order valence-corrected chi connectivity index (χ4v) is 6.67. The summed E-state index contributed by atoms with van der Waals surface area (Å²) in [6.07, 6.45) is -13.3. The van der Waals surface area contributed by atoms with Gasteiger partial charge in [-0.1, -0.05) is 0 Å². The minimum absolute atomic E-state index is 0.111. The van der Waals surface area contributed by atoms with Crippen molar-refractivity contribution in [3.63, 3.8) is 0 Å². The van der Waals surface area contributed by atoms with E-state index in [1.165, 1.54) is 31.4 Å². The van der Waals surface area contributed by atoms with Crippen LogP contribution < -0.4 is 5.73 Å². The number of nitrogens with zero attached hydrogens (tertiary/aromatic N) is 4. The summed E-state index contributed by atoms with van der Waals surface area (Å²) >= 11 is 0. The van der Waals surface area contributed by atoms with Gasteiger partial charge in [0.05, 0.1) is 19.5 Å². The number of ether oxygens (including phenoxy) is 4. The van der Waals surface area contributed by atoms with Crippen LogP contribution in [0.5, 0.6) is 0 Å². The molecule has 2 aromatic heterocycles. The monoisotopic (exact) mass is 647 g/mol. The molecule has 2 aromatic rings. The molecular formula is C19H31N5O16P2. The predicted octanol–water partition coefficient (Wildman–Crippen LogP) is -3.25. The second-order valence-electron chi connectivity index (χ2n) is 9.16. The molecule has 0 saturated carbocycles. The number of anilines is 1. The number of phosphoric acid groups is 2. The number of aromatic nitrogens is 4. The molecule has 0 bridgehead atoms. The summed E-state index contributed by atoms with van der Waals surface area (Å²) in [4.78, 5) is 32.4. The number of phosphoric ester groups is 2. The van der Waals surface area contributed by atoms with Crippen LogP contribution in [0, 0.1) is 0 Å². The van der Waals surface area contributed by atoms with E-state index in [0.29, 0.717) is 5.65 Å². The van der Waals surface area contributed by atoms with Crippen LogP contribution in [0.25, 0.3) is 11.2 Å². The number of methoxy groups -OCH3 is 2. The Hall–Kier alpha value is -1.75. The average molecular weight is 647 g/mol. The van der Waals surface area contributed by atoms with Crippen molar-refractivity contribution in [3.8, 4) is 0 Å². The molecule has 21 nitrogen and oxygen atoms in total. The summed E-state index contributed by atoms with van der Waals surface area (Å²) < 4.78 is 62.1. The molecule has 23 heteroatoms. The molecule has 0 aliphatic carbocycles. The van der Waals surface area contributed by atoms with Crippen molar-refractivity contribution >= 4 is 32.6 Å². The van der Waals surface area contributed by atoms with Gasteiger partial charge in [0.15, 0.2) is 24.0 Å². The highest BCUT2D eigenvalue weighted by molar-refractivity contribution is 7.61. The van der Waals surface area contributed by atoms with Crippen molar-refractivity contribution in [3.05, 3.63) is 12.7 Å². The van der Waals surface area contributed by atoms with Gasteiger partial charge in [0, 0.05) is 14.2 Å². The zero-order valence-electron chi connectivity index (χ0n) is 21.9. The third kappa shape index (κ3) is 6.81. The first-order valence-corrected chi connectivity index (χ1v) is 15.0. The van der Waals surface area contributed by atoms with Gasteiger partial charge in [0.1, 0.15) is 60.7 Å². The van der Waals surface area contributed by atoms with E-state index >= 15 is 0 Å². The maximum absolute atomic E-state index is 12.6. The minimum Gasteiger partial charge on any atom is -0.394 e. The molecule has 0 amide bonds. The van der Waals surface area contributed by atoms with Gasteiger partial charge in [-0.05, 0) is 0 Å². The topological polar surface area (TPSA) is 310 Å². The number of rotatable bonds is 12. The lowest BCUT2D eigenvalue weighted by molar-refractivity contribution is -0.292. The predicted molar refractivity (Wildman–Crippen MR) is 133 cm³/mol. The van der Waals surface area contributed by atoms with Crippen LogP contribution in [0.2, 0.25) is 0 Å². The Morgan fingerprint density at radius 2 is 1.71 bits per heavy atom. The van der Waals surface area contributed by atoms with Gasteiger partial charge in [0.2, 0.25) is 0 Å². The number of nitrogens with two attached hydrogens (primary N) is 1. The Bertz CT molecular complexity index is 1320. The number of aliphatic hydroxyl groups is 5. The van der Waals surface area contributed by atoms with Crippen LogP contribution >= 0.6 is 15.6 Å².